The average molecular weight is 302 g/mol. The summed E-state index contributed by atoms with van der Waals surface area (Å²) < 4.78 is 0. The maximum absolute atomic E-state index is 12.0. The maximum Gasteiger partial charge on any atom is 0.251 e. The fourth-order valence-corrected chi connectivity index (χ4v) is 3.18. The van der Waals surface area contributed by atoms with Crippen LogP contribution >= 0.6 is 11.3 Å². The molecular weight excluding hydrogens is 280 g/mol. The van der Waals surface area contributed by atoms with Crippen LogP contribution in [0.25, 0.3) is 0 Å². The highest BCUT2D eigenvalue weighted by Gasteiger charge is 2.11. The molecule has 1 unspecified atom stereocenters. The van der Waals surface area contributed by atoms with E-state index in [0.717, 1.165) is 5.69 Å². The van der Waals surface area contributed by atoms with Crippen molar-refractivity contribution in [1.82, 2.24) is 5.32 Å². The second kappa shape index (κ2) is 6.76. The molecule has 0 saturated carbocycles. The minimum absolute atomic E-state index is 0.0337. The van der Waals surface area contributed by atoms with E-state index >= 15 is 0 Å². The number of hydrogen-bond donors (Lipinski definition) is 2. The standard InChI is InChI=1S/C17H22N2OS/c1-11(2)18-17(20)14-6-5-7-15(10-14)19-13(4)16-12(3)8-9-21-16/h5-11,13,19H,1-4H3,(H,18,20). The monoisotopic (exact) mass is 302 g/mol. The molecule has 2 rings (SSSR count). The van der Waals surface area contributed by atoms with Gasteiger partial charge >= 0.3 is 0 Å². The summed E-state index contributed by atoms with van der Waals surface area (Å²) in [7, 11) is 0. The Labute approximate surface area is 130 Å². The summed E-state index contributed by atoms with van der Waals surface area (Å²) in [6.07, 6.45) is 0. The minimum atomic E-state index is -0.0337. The van der Waals surface area contributed by atoms with Gasteiger partial charge in [0, 0.05) is 22.2 Å². The second-order valence-electron chi connectivity index (χ2n) is 5.54. The fourth-order valence-electron chi connectivity index (χ4n) is 2.24. The van der Waals surface area contributed by atoms with Crippen LogP contribution in [0, 0.1) is 6.92 Å². The quantitative estimate of drug-likeness (QED) is 0.861. The van der Waals surface area contributed by atoms with Crippen molar-refractivity contribution in [2.45, 2.75) is 39.8 Å². The molecule has 112 valence electrons. The summed E-state index contributed by atoms with van der Waals surface area (Å²) in [6.45, 7) is 8.18. The van der Waals surface area contributed by atoms with E-state index in [1.807, 2.05) is 38.1 Å². The molecule has 2 N–H and O–H groups in total. The van der Waals surface area contributed by atoms with Crippen molar-refractivity contribution in [3.8, 4) is 0 Å². The Kier molecular flexibility index (Phi) is 5.02. The Morgan fingerprint density at radius 2 is 1.95 bits per heavy atom. The minimum Gasteiger partial charge on any atom is -0.378 e. The van der Waals surface area contributed by atoms with Crippen molar-refractivity contribution in [1.29, 1.82) is 0 Å². The molecule has 21 heavy (non-hydrogen) atoms. The summed E-state index contributed by atoms with van der Waals surface area (Å²) in [5.41, 5.74) is 2.95. The second-order valence-corrected chi connectivity index (χ2v) is 6.49. The molecule has 3 nitrogen and oxygen atoms in total. The molecule has 1 atom stereocenters. The molecule has 0 aliphatic rings. The van der Waals surface area contributed by atoms with Gasteiger partial charge in [0.15, 0.2) is 0 Å². The van der Waals surface area contributed by atoms with Crippen molar-refractivity contribution >= 4 is 22.9 Å². The highest BCUT2D eigenvalue weighted by atomic mass is 32.1. The third kappa shape index (κ3) is 4.08. The zero-order valence-electron chi connectivity index (χ0n) is 12.9. The van der Waals surface area contributed by atoms with Gasteiger partial charge in [-0.15, -0.1) is 11.3 Å². The molecule has 1 aromatic heterocycles. The first-order valence-corrected chi connectivity index (χ1v) is 8.07. The van der Waals surface area contributed by atoms with E-state index in [4.69, 9.17) is 0 Å². The van der Waals surface area contributed by atoms with Crippen LogP contribution in [-0.2, 0) is 0 Å². The molecule has 4 heteroatoms. The molecule has 0 saturated heterocycles. The van der Waals surface area contributed by atoms with Crippen molar-refractivity contribution in [3.05, 3.63) is 51.7 Å². The van der Waals surface area contributed by atoms with Gasteiger partial charge in [-0.3, -0.25) is 4.79 Å². The topological polar surface area (TPSA) is 41.1 Å². The molecule has 0 bridgehead atoms. The number of thiophene rings is 1. The molecule has 0 spiro atoms. The zero-order chi connectivity index (χ0) is 15.4. The number of hydrogen-bond acceptors (Lipinski definition) is 3. The van der Waals surface area contributed by atoms with E-state index in [2.05, 4.69) is 35.9 Å². The highest BCUT2D eigenvalue weighted by Crippen LogP contribution is 2.27. The Morgan fingerprint density at radius 3 is 2.57 bits per heavy atom. The molecular formula is C17H22N2OS. The Morgan fingerprint density at radius 1 is 1.19 bits per heavy atom. The SMILES string of the molecule is Cc1ccsc1C(C)Nc1cccc(C(=O)NC(C)C)c1. The molecule has 0 radical (unpaired) electrons. The largest absolute Gasteiger partial charge is 0.378 e. The van der Waals surface area contributed by atoms with Gasteiger partial charge in [-0.2, -0.15) is 0 Å². The normalized spacial score (nSPS) is 12.2. The summed E-state index contributed by atoms with van der Waals surface area (Å²) in [4.78, 5) is 13.4. The predicted molar refractivity (Wildman–Crippen MR) is 90.1 cm³/mol. The lowest BCUT2D eigenvalue weighted by atomic mass is 10.1. The Bertz CT molecular complexity index is 619. The van der Waals surface area contributed by atoms with Crippen LogP contribution in [0.15, 0.2) is 35.7 Å². The Hall–Kier alpha value is -1.81. The van der Waals surface area contributed by atoms with E-state index in [1.165, 1.54) is 10.4 Å². The van der Waals surface area contributed by atoms with E-state index in [0.29, 0.717) is 5.56 Å². The average Bonchev–Trinajstić information content (AvgIpc) is 2.84. The van der Waals surface area contributed by atoms with Gasteiger partial charge in [0.2, 0.25) is 0 Å². The maximum atomic E-state index is 12.0. The van der Waals surface area contributed by atoms with Crippen LogP contribution in [0.1, 0.15) is 47.6 Å². The van der Waals surface area contributed by atoms with Gasteiger partial charge in [0.05, 0.1) is 6.04 Å². The van der Waals surface area contributed by atoms with Crippen molar-refractivity contribution in [3.63, 3.8) is 0 Å². The summed E-state index contributed by atoms with van der Waals surface area (Å²) in [6, 6.07) is 10.1. The number of aryl methyl sites for hydroxylation is 1. The number of anilines is 1. The van der Waals surface area contributed by atoms with E-state index in [9.17, 15) is 4.79 Å². The van der Waals surface area contributed by atoms with Crippen molar-refractivity contribution in [2.24, 2.45) is 0 Å². The molecule has 0 aliphatic heterocycles. The third-order valence-corrected chi connectivity index (χ3v) is 4.42. The van der Waals surface area contributed by atoms with Crippen LogP contribution in [0.5, 0.6) is 0 Å². The molecule has 0 aliphatic carbocycles. The van der Waals surface area contributed by atoms with Crippen LogP contribution in [0.3, 0.4) is 0 Å². The number of rotatable bonds is 5. The summed E-state index contributed by atoms with van der Waals surface area (Å²) in [5, 5.41) is 8.48. The first-order chi connectivity index (χ1) is 9.97. The molecule has 1 heterocycles. The van der Waals surface area contributed by atoms with Gasteiger partial charge in [-0.1, -0.05) is 6.07 Å². The highest BCUT2D eigenvalue weighted by molar-refractivity contribution is 7.10. The van der Waals surface area contributed by atoms with E-state index in [-0.39, 0.29) is 18.0 Å². The van der Waals surface area contributed by atoms with E-state index < -0.39 is 0 Å². The number of amides is 1. The number of nitrogens with one attached hydrogen (secondary N) is 2. The van der Waals surface area contributed by atoms with Crippen molar-refractivity contribution < 1.29 is 4.79 Å². The molecule has 1 aromatic carbocycles. The smallest absolute Gasteiger partial charge is 0.251 e. The van der Waals surface area contributed by atoms with Gasteiger partial charge in [0.25, 0.3) is 5.91 Å². The lowest BCUT2D eigenvalue weighted by molar-refractivity contribution is 0.0943. The summed E-state index contributed by atoms with van der Waals surface area (Å²) >= 11 is 1.75. The van der Waals surface area contributed by atoms with E-state index in [1.54, 1.807) is 11.3 Å². The van der Waals surface area contributed by atoms with Gasteiger partial charge < -0.3 is 10.6 Å². The molecule has 2 aromatic rings. The lowest BCUT2D eigenvalue weighted by Gasteiger charge is -2.16. The molecule has 1 amide bonds. The number of benzene rings is 1. The lowest BCUT2D eigenvalue weighted by Crippen LogP contribution is -2.30. The van der Waals surface area contributed by atoms with Crippen LogP contribution in [0.4, 0.5) is 5.69 Å². The first-order valence-electron chi connectivity index (χ1n) is 7.19. The van der Waals surface area contributed by atoms with Crippen LogP contribution < -0.4 is 10.6 Å². The summed E-state index contributed by atoms with van der Waals surface area (Å²) in [5.74, 6) is -0.0337. The fraction of sp³-hybridized carbons (Fsp3) is 0.353. The zero-order valence-corrected chi connectivity index (χ0v) is 13.8. The number of carbonyl (C=O) groups excluding carboxylic acids is 1. The first kappa shape index (κ1) is 15.6. The van der Waals surface area contributed by atoms with Crippen molar-refractivity contribution in [2.75, 3.05) is 5.32 Å². The van der Waals surface area contributed by atoms with Gasteiger partial charge in [-0.05, 0) is 62.9 Å². The third-order valence-electron chi connectivity index (χ3n) is 3.22. The predicted octanol–water partition coefficient (Wildman–Crippen LogP) is 4.37. The Balaban J connectivity index is 2.11. The van der Waals surface area contributed by atoms with Crippen LogP contribution in [0.2, 0.25) is 0 Å². The van der Waals surface area contributed by atoms with Gasteiger partial charge in [0.1, 0.15) is 0 Å². The van der Waals surface area contributed by atoms with Crippen LogP contribution in [-0.4, -0.2) is 11.9 Å². The molecule has 0 fully saturated rings. The van der Waals surface area contributed by atoms with Gasteiger partial charge in [-0.25, -0.2) is 0 Å². The number of carbonyl (C=O) groups is 1.